The molecule has 0 spiro atoms. The minimum absolute atomic E-state index is 0.125. The lowest BCUT2D eigenvalue weighted by Gasteiger charge is -2.31. The summed E-state index contributed by atoms with van der Waals surface area (Å²) in [6.07, 6.45) is 2.17. The molecule has 2 rings (SSSR count). The van der Waals surface area contributed by atoms with Crippen molar-refractivity contribution in [1.82, 2.24) is 4.90 Å². The topological polar surface area (TPSA) is 49.6 Å². The van der Waals surface area contributed by atoms with Crippen LogP contribution < -0.4 is 10.6 Å². The zero-order valence-corrected chi connectivity index (χ0v) is 10.4. The number of aryl methyl sites for hydroxylation is 1. The molecule has 92 valence electrons. The highest BCUT2D eigenvalue weighted by molar-refractivity contribution is 5.82. The molecule has 1 amide bonds. The molecule has 1 aliphatic heterocycles. The summed E-state index contributed by atoms with van der Waals surface area (Å²) in [6, 6.07) is 5.96. The van der Waals surface area contributed by atoms with Crippen molar-refractivity contribution in [3.63, 3.8) is 0 Å². The van der Waals surface area contributed by atoms with Crippen LogP contribution in [0.3, 0.4) is 0 Å². The van der Waals surface area contributed by atoms with Gasteiger partial charge in [-0.25, -0.2) is 0 Å². The first-order chi connectivity index (χ1) is 8.08. The minimum atomic E-state index is 0.125. The van der Waals surface area contributed by atoms with Crippen LogP contribution in [0.4, 0.5) is 11.4 Å². The van der Waals surface area contributed by atoms with Crippen molar-refractivity contribution in [2.45, 2.75) is 12.8 Å². The van der Waals surface area contributed by atoms with Crippen molar-refractivity contribution in [2.75, 3.05) is 37.8 Å². The number of carbonyl (C=O) groups excluding carboxylic acids is 1. The predicted octanol–water partition coefficient (Wildman–Crippen LogP) is 1.11. The minimum Gasteiger partial charge on any atom is -0.399 e. The van der Waals surface area contributed by atoms with E-state index in [1.165, 1.54) is 5.56 Å². The lowest BCUT2D eigenvalue weighted by atomic mass is 10.0. The normalized spacial score (nSPS) is 14.4. The van der Waals surface area contributed by atoms with Gasteiger partial charge in [0.15, 0.2) is 0 Å². The molecule has 0 saturated carbocycles. The fourth-order valence-corrected chi connectivity index (χ4v) is 2.14. The van der Waals surface area contributed by atoms with Crippen LogP contribution >= 0.6 is 0 Å². The number of fused-ring (bicyclic) bond motifs is 1. The van der Waals surface area contributed by atoms with E-state index >= 15 is 0 Å². The van der Waals surface area contributed by atoms with Crippen molar-refractivity contribution in [2.24, 2.45) is 0 Å². The van der Waals surface area contributed by atoms with Gasteiger partial charge in [-0.05, 0) is 30.5 Å². The summed E-state index contributed by atoms with van der Waals surface area (Å²) in [4.78, 5) is 15.5. The number of nitrogen functional groups attached to an aromatic ring is 1. The Morgan fingerprint density at radius 3 is 2.94 bits per heavy atom. The molecule has 1 aliphatic rings. The Morgan fingerprint density at radius 2 is 2.24 bits per heavy atom. The summed E-state index contributed by atoms with van der Waals surface area (Å²) in [5.41, 5.74) is 8.98. The fraction of sp³-hybridized carbons (Fsp3) is 0.462. The van der Waals surface area contributed by atoms with E-state index in [9.17, 15) is 4.79 Å². The first kappa shape index (κ1) is 11.8. The Balaban J connectivity index is 2.22. The molecule has 4 heteroatoms. The van der Waals surface area contributed by atoms with Crippen LogP contribution in [0.5, 0.6) is 0 Å². The second kappa shape index (κ2) is 4.65. The Morgan fingerprint density at radius 1 is 1.47 bits per heavy atom. The first-order valence-corrected chi connectivity index (χ1v) is 5.91. The maximum atomic E-state index is 11.8. The number of rotatable bonds is 2. The van der Waals surface area contributed by atoms with E-state index in [4.69, 9.17) is 5.73 Å². The second-order valence-corrected chi connectivity index (χ2v) is 4.70. The van der Waals surface area contributed by atoms with E-state index in [0.29, 0.717) is 6.54 Å². The molecule has 1 heterocycles. The molecular weight excluding hydrogens is 214 g/mol. The summed E-state index contributed by atoms with van der Waals surface area (Å²) in [5, 5.41) is 0. The van der Waals surface area contributed by atoms with Crippen LogP contribution in [-0.4, -0.2) is 38.0 Å². The van der Waals surface area contributed by atoms with Gasteiger partial charge in [-0.2, -0.15) is 0 Å². The Bertz CT molecular complexity index is 429. The van der Waals surface area contributed by atoms with Crippen molar-refractivity contribution >= 4 is 17.3 Å². The quantitative estimate of drug-likeness (QED) is 0.778. The lowest BCUT2D eigenvalue weighted by Crippen LogP contribution is -2.39. The number of carbonyl (C=O) groups is 1. The molecule has 1 aromatic rings. The highest BCUT2D eigenvalue weighted by Gasteiger charge is 2.19. The molecule has 0 saturated heterocycles. The fourth-order valence-electron chi connectivity index (χ4n) is 2.14. The highest BCUT2D eigenvalue weighted by atomic mass is 16.2. The molecule has 1 aromatic carbocycles. The number of amides is 1. The van der Waals surface area contributed by atoms with Crippen molar-refractivity contribution < 1.29 is 4.79 Å². The van der Waals surface area contributed by atoms with E-state index in [2.05, 4.69) is 11.0 Å². The monoisotopic (exact) mass is 233 g/mol. The number of hydrogen-bond donors (Lipinski definition) is 1. The van der Waals surface area contributed by atoms with Crippen molar-refractivity contribution in [1.29, 1.82) is 0 Å². The number of hydrogen-bond acceptors (Lipinski definition) is 3. The zero-order chi connectivity index (χ0) is 12.4. The maximum absolute atomic E-state index is 11.8. The number of benzene rings is 1. The average Bonchev–Trinajstić information content (AvgIpc) is 2.29. The van der Waals surface area contributed by atoms with Crippen LogP contribution in [0, 0.1) is 0 Å². The third-order valence-electron chi connectivity index (χ3n) is 3.15. The van der Waals surface area contributed by atoms with Gasteiger partial charge in [0.25, 0.3) is 0 Å². The molecule has 0 aliphatic carbocycles. The number of anilines is 2. The van der Waals surface area contributed by atoms with Crippen LogP contribution in [0.2, 0.25) is 0 Å². The smallest absolute Gasteiger partial charge is 0.241 e. The van der Waals surface area contributed by atoms with Gasteiger partial charge in [0.05, 0.1) is 6.54 Å². The lowest BCUT2D eigenvalue weighted by molar-refractivity contribution is -0.127. The van der Waals surface area contributed by atoms with E-state index in [0.717, 1.165) is 30.8 Å². The van der Waals surface area contributed by atoms with Gasteiger partial charge in [-0.1, -0.05) is 6.07 Å². The summed E-state index contributed by atoms with van der Waals surface area (Å²) >= 11 is 0. The third-order valence-corrected chi connectivity index (χ3v) is 3.15. The number of likely N-dealkylation sites (N-methyl/N-ethyl adjacent to an activating group) is 1. The average molecular weight is 233 g/mol. The summed E-state index contributed by atoms with van der Waals surface area (Å²) < 4.78 is 0. The van der Waals surface area contributed by atoms with Crippen molar-refractivity contribution in [3.8, 4) is 0 Å². The molecule has 4 nitrogen and oxygen atoms in total. The van der Waals surface area contributed by atoms with Crippen LogP contribution in [-0.2, 0) is 11.2 Å². The van der Waals surface area contributed by atoms with E-state index in [1.807, 2.05) is 12.1 Å². The Hall–Kier alpha value is -1.71. The van der Waals surface area contributed by atoms with Gasteiger partial charge in [-0.15, -0.1) is 0 Å². The molecule has 2 N–H and O–H groups in total. The second-order valence-electron chi connectivity index (χ2n) is 4.70. The molecule has 0 unspecified atom stereocenters. The molecule has 0 fully saturated rings. The van der Waals surface area contributed by atoms with Gasteiger partial charge in [0.2, 0.25) is 5.91 Å². The SMILES string of the molecule is CN(C)C(=O)CN1CCCc2ccc(N)cc21. The highest BCUT2D eigenvalue weighted by Crippen LogP contribution is 2.28. The van der Waals surface area contributed by atoms with Gasteiger partial charge in [-0.3, -0.25) is 4.79 Å². The van der Waals surface area contributed by atoms with Crippen molar-refractivity contribution in [3.05, 3.63) is 23.8 Å². The van der Waals surface area contributed by atoms with E-state index < -0.39 is 0 Å². The largest absolute Gasteiger partial charge is 0.399 e. The standard InChI is InChI=1S/C13H19N3O/c1-15(2)13(17)9-16-7-3-4-10-5-6-11(14)8-12(10)16/h5-6,8H,3-4,7,9,14H2,1-2H3. The molecular formula is C13H19N3O. The summed E-state index contributed by atoms with van der Waals surface area (Å²) in [7, 11) is 3.57. The molecule has 0 aromatic heterocycles. The van der Waals surface area contributed by atoms with Gasteiger partial charge in [0, 0.05) is 32.0 Å². The molecule has 17 heavy (non-hydrogen) atoms. The Labute approximate surface area is 102 Å². The van der Waals surface area contributed by atoms with Gasteiger partial charge in [0.1, 0.15) is 0 Å². The van der Waals surface area contributed by atoms with Gasteiger partial charge >= 0.3 is 0 Å². The van der Waals surface area contributed by atoms with Crippen LogP contribution in [0.15, 0.2) is 18.2 Å². The van der Waals surface area contributed by atoms with E-state index in [1.54, 1.807) is 19.0 Å². The Kier molecular flexibility index (Phi) is 3.22. The molecule has 0 bridgehead atoms. The molecule has 0 radical (unpaired) electrons. The third kappa shape index (κ3) is 2.52. The van der Waals surface area contributed by atoms with Gasteiger partial charge < -0.3 is 15.5 Å². The first-order valence-electron chi connectivity index (χ1n) is 5.91. The summed E-state index contributed by atoms with van der Waals surface area (Å²) in [6.45, 7) is 1.36. The van der Waals surface area contributed by atoms with Crippen LogP contribution in [0.25, 0.3) is 0 Å². The summed E-state index contributed by atoms with van der Waals surface area (Å²) in [5.74, 6) is 0.125. The molecule has 0 atom stereocenters. The number of nitrogens with zero attached hydrogens (tertiary/aromatic N) is 2. The van der Waals surface area contributed by atoms with Crippen LogP contribution in [0.1, 0.15) is 12.0 Å². The maximum Gasteiger partial charge on any atom is 0.241 e. The number of nitrogens with two attached hydrogens (primary N) is 1. The predicted molar refractivity (Wildman–Crippen MR) is 70.1 cm³/mol. The van der Waals surface area contributed by atoms with E-state index in [-0.39, 0.29) is 5.91 Å². The zero-order valence-electron chi connectivity index (χ0n) is 10.4.